The second kappa shape index (κ2) is 4.75. The third-order valence-electron chi connectivity index (χ3n) is 2.15. The smallest absolute Gasteiger partial charge is 0.185 e. The molecule has 1 aromatic rings. The number of nitrogens with zero attached hydrogens (tertiary/aromatic N) is 2. The van der Waals surface area contributed by atoms with Crippen LogP contribution in [0.4, 0.5) is 5.13 Å². The zero-order chi connectivity index (χ0) is 10.7. The van der Waals surface area contributed by atoms with Gasteiger partial charge in [0.1, 0.15) is 0 Å². The Kier molecular flexibility index (Phi) is 3.89. The lowest BCUT2D eigenvalue weighted by Gasteiger charge is -2.24. The fourth-order valence-corrected chi connectivity index (χ4v) is 2.43. The molecule has 0 radical (unpaired) electrons. The maximum Gasteiger partial charge on any atom is 0.185 e. The summed E-state index contributed by atoms with van der Waals surface area (Å²) in [6.45, 7) is 9.10. The van der Waals surface area contributed by atoms with Gasteiger partial charge in [-0.3, -0.25) is 0 Å². The minimum Gasteiger partial charge on any atom is -0.387 e. The Morgan fingerprint density at radius 3 is 2.50 bits per heavy atom. The number of aliphatic hydroxyl groups excluding tert-OH is 1. The molecule has 0 aliphatic heterocycles. The van der Waals surface area contributed by atoms with E-state index < -0.39 is 6.10 Å². The molecule has 0 saturated heterocycles. The first-order valence-corrected chi connectivity index (χ1v) is 5.84. The minimum absolute atomic E-state index is 0.452. The van der Waals surface area contributed by atoms with Gasteiger partial charge >= 0.3 is 0 Å². The van der Waals surface area contributed by atoms with Crippen molar-refractivity contribution in [1.82, 2.24) is 4.98 Å². The van der Waals surface area contributed by atoms with Crippen LogP contribution in [-0.4, -0.2) is 22.7 Å². The van der Waals surface area contributed by atoms with Gasteiger partial charge in [-0.05, 0) is 27.7 Å². The van der Waals surface area contributed by atoms with Crippen LogP contribution in [0.25, 0.3) is 0 Å². The highest BCUT2D eigenvalue weighted by molar-refractivity contribution is 7.13. The molecular formula is C10H18N2OS. The number of aliphatic hydroxyl groups is 1. The molecule has 0 saturated carbocycles. The zero-order valence-corrected chi connectivity index (χ0v) is 10.0. The molecule has 0 aliphatic carbocycles. The van der Waals surface area contributed by atoms with Gasteiger partial charge in [0.05, 0.1) is 11.8 Å². The molecule has 1 N–H and O–H groups in total. The average Bonchev–Trinajstić information content (AvgIpc) is 2.53. The van der Waals surface area contributed by atoms with Crippen LogP contribution in [-0.2, 0) is 0 Å². The average molecular weight is 214 g/mol. The van der Waals surface area contributed by atoms with Gasteiger partial charge in [0.2, 0.25) is 0 Å². The van der Waals surface area contributed by atoms with E-state index in [0.29, 0.717) is 6.04 Å². The van der Waals surface area contributed by atoms with Crippen molar-refractivity contribution in [3.05, 3.63) is 11.1 Å². The van der Waals surface area contributed by atoms with Gasteiger partial charge in [-0.1, -0.05) is 0 Å². The number of anilines is 1. The van der Waals surface area contributed by atoms with Gasteiger partial charge in [-0.2, -0.15) is 0 Å². The largest absolute Gasteiger partial charge is 0.387 e. The molecule has 0 spiro atoms. The normalized spacial score (nSPS) is 13.3. The summed E-state index contributed by atoms with van der Waals surface area (Å²) >= 11 is 1.59. The molecule has 14 heavy (non-hydrogen) atoms. The van der Waals surface area contributed by atoms with Gasteiger partial charge in [0, 0.05) is 18.0 Å². The molecule has 1 unspecified atom stereocenters. The zero-order valence-electron chi connectivity index (χ0n) is 9.19. The molecule has 0 fully saturated rings. The van der Waals surface area contributed by atoms with E-state index >= 15 is 0 Å². The molecular weight excluding hydrogens is 196 g/mol. The van der Waals surface area contributed by atoms with Crippen LogP contribution >= 0.6 is 11.3 Å². The predicted octanol–water partition coefficient (Wildman–Crippen LogP) is 2.43. The third-order valence-corrected chi connectivity index (χ3v) is 3.04. The molecule has 3 nitrogen and oxygen atoms in total. The molecule has 0 amide bonds. The van der Waals surface area contributed by atoms with Crippen molar-refractivity contribution >= 4 is 16.5 Å². The Morgan fingerprint density at radius 2 is 2.14 bits per heavy atom. The van der Waals surface area contributed by atoms with E-state index in [4.69, 9.17) is 0 Å². The van der Waals surface area contributed by atoms with Crippen molar-refractivity contribution < 1.29 is 5.11 Å². The number of rotatable bonds is 4. The van der Waals surface area contributed by atoms with E-state index in [0.717, 1.165) is 17.4 Å². The van der Waals surface area contributed by atoms with Crippen LogP contribution in [0.5, 0.6) is 0 Å². The standard InChI is InChI=1S/C10H18N2OS/c1-5-12(7(2)3)10-11-9(6-14-10)8(4)13/h6-8,13H,5H2,1-4H3. The molecule has 0 aromatic carbocycles. The van der Waals surface area contributed by atoms with E-state index in [2.05, 4.69) is 30.7 Å². The Morgan fingerprint density at radius 1 is 1.50 bits per heavy atom. The summed E-state index contributed by atoms with van der Waals surface area (Å²) in [5.41, 5.74) is 0.768. The Hall–Kier alpha value is -0.610. The highest BCUT2D eigenvalue weighted by Crippen LogP contribution is 2.25. The lowest BCUT2D eigenvalue weighted by molar-refractivity contribution is 0.195. The lowest BCUT2D eigenvalue weighted by atomic mass is 10.3. The van der Waals surface area contributed by atoms with E-state index in [9.17, 15) is 5.11 Å². The molecule has 0 aliphatic rings. The Labute approximate surface area is 89.4 Å². The maximum absolute atomic E-state index is 9.36. The molecule has 1 aromatic heterocycles. The van der Waals surface area contributed by atoms with Gasteiger partial charge in [0.15, 0.2) is 5.13 Å². The van der Waals surface area contributed by atoms with E-state index in [1.54, 1.807) is 18.3 Å². The molecule has 80 valence electrons. The van der Waals surface area contributed by atoms with Crippen molar-refractivity contribution in [3.63, 3.8) is 0 Å². The minimum atomic E-state index is -0.467. The topological polar surface area (TPSA) is 36.4 Å². The summed E-state index contributed by atoms with van der Waals surface area (Å²) in [6.07, 6.45) is -0.467. The van der Waals surface area contributed by atoms with Crippen LogP contribution in [0.15, 0.2) is 5.38 Å². The third kappa shape index (κ3) is 2.45. The van der Waals surface area contributed by atoms with Gasteiger partial charge in [-0.15, -0.1) is 11.3 Å². The molecule has 4 heteroatoms. The fraction of sp³-hybridized carbons (Fsp3) is 0.700. The Bertz CT molecular complexity index is 283. The highest BCUT2D eigenvalue weighted by Gasteiger charge is 2.13. The maximum atomic E-state index is 9.36. The van der Waals surface area contributed by atoms with Crippen molar-refractivity contribution in [2.24, 2.45) is 0 Å². The summed E-state index contributed by atoms with van der Waals surface area (Å²) in [6, 6.07) is 0.452. The van der Waals surface area contributed by atoms with E-state index in [1.807, 2.05) is 5.38 Å². The SMILES string of the molecule is CCN(c1nc(C(C)O)cs1)C(C)C. The quantitative estimate of drug-likeness (QED) is 0.836. The second-order valence-electron chi connectivity index (χ2n) is 3.61. The summed E-state index contributed by atoms with van der Waals surface area (Å²) in [7, 11) is 0. The number of hydrogen-bond donors (Lipinski definition) is 1. The lowest BCUT2D eigenvalue weighted by Crippen LogP contribution is -2.30. The van der Waals surface area contributed by atoms with E-state index in [1.165, 1.54) is 0 Å². The Balaban J connectivity index is 2.84. The summed E-state index contributed by atoms with van der Waals surface area (Å²) in [5, 5.41) is 12.3. The predicted molar refractivity (Wildman–Crippen MR) is 60.9 cm³/mol. The first-order valence-electron chi connectivity index (χ1n) is 4.96. The van der Waals surface area contributed by atoms with Crippen molar-refractivity contribution in [3.8, 4) is 0 Å². The van der Waals surface area contributed by atoms with Crippen molar-refractivity contribution in [1.29, 1.82) is 0 Å². The van der Waals surface area contributed by atoms with Crippen molar-refractivity contribution in [2.45, 2.75) is 39.8 Å². The molecule has 1 rings (SSSR count). The molecule has 1 heterocycles. The van der Waals surface area contributed by atoms with Gasteiger partial charge in [-0.25, -0.2) is 4.98 Å². The first kappa shape index (κ1) is 11.5. The van der Waals surface area contributed by atoms with E-state index in [-0.39, 0.29) is 0 Å². The monoisotopic (exact) mass is 214 g/mol. The van der Waals surface area contributed by atoms with Crippen LogP contribution in [0.1, 0.15) is 39.5 Å². The molecule has 0 bridgehead atoms. The summed E-state index contributed by atoms with van der Waals surface area (Å²) < 4.78 is 0. The van der Waals surface area contributed by atoms with Gasteiger partial charge in [0.25, 0.3) is 0 Å². The van der Waals surface area contributed by atoms with Crippen LogP contribution in [0.2, 0.25) is 0 Å². The summed E-state index contributed by atoms with van der Waals surface area (Å²) in [5.74, 6) is 0. The number of hydrogen-bond acceptors (Lipinski definition) is 4. The van der Waals surface area contributed by atoms with Gasteiger partial charge < -0.3 is 10.0 Å². The van der Waals surface area contributed by atoms with Crippen LogP contribution < -0.4 is 4.90 Å². The van der Waals surface area contributed by atoms with Crippen LogP contribution in [0, 0.1) is 0 Å². The fourth-order valence-electron chi connectivity index (χ4n) is 1.32. The van der Waals surface area contributed by atoms with Crippen molar-refractivity contribution in [2.75, 3.05) is 11.4 Å². The second-order valence-corrected chi connectivity index (χ2v) is 4.45. The molecule has 1 atom stereocenters. The first-order chi connectivity index (χ1) is 6.56. The summed E-state index contributed by atoms with van der Waals surface area (Å²) in [4.78, 5) is 6.62. The van der Waals surface area contributed by atoms with Crippen LogP contribution in [0.3, 0.4) is 0 Å². The number of aromatic nitrogens is 1. The highest BCUT2D eigenvalue weighted by atomic mass is 32.1. The number of thiazole rings is 1.